The normalized spacial score (nSPS) is 32.0. The zero-order chi connectivity index (χ0) is 7.72. The number of carbonyl (C=O) groups excluding carboxylic acids is 1. The summed E-state index contributed by atoms with van der Waals surface area (Å²) in [7, 11) is 0. The van der Waals surface area contributed by atoms with Crippen LogP contribution in [0.5, 0.6) is 0 Å². The SMILES string of the molecule is [NH3+][C@H]1CC(C(=O)[O-])=C[C@@H]1Br. The number of quaternary nitrogens is 1. The van der Waals surface area contributed by atoms with Crippen molar-refractivity contribution in [1.82, 2.24) is 0 Å². The highest BCUT2D eigenvalue weighted by molar-refractivity contribution is 9.09. The van der Waals surface area contributed by atoms with Crippen LogP contribution in [0, 0.1) is 0 Å². The number of carboxylic acid groups (broad SMARTS) is 1. The van der Waals surface area contributed by atoms with E-state index in [0.29, 0.717) is 12.0 Å². The van der Waals surface area contributed by atoms with E-state index in [-0.39, 0.29) is 10.9 Å². The molecule has 0 fully saturated rings. The van der Waals surface area contributed by atoms with E-state index < -0.39 is 5.97 Å². The van der Waals surface area contributed by atoms with E-state index in [1.54, 1.807) is 6.08 Å². The molecule has 2 atom stereocenters. The summed E-state index contributed by atoms with van der Waals surface area (Å²) in [5, 5.41) is 10.3. The number of hydrogen-bond acceptors (Lipinski definition) is 2. The molecular formula is C6H8BrNO2. The lowest BCUT2D eigenvalue weighted by atomic mass is 10.2. The Morgan fingerprint density at radius 1 is 1.90 bits per heavy atom. The molecule has 4 heteroatoms. The smallest absolute Gasteiger partial charge is 0.105 e. The van der Waals surface area contributed by atoms with Crippen molar-refractivity contribution >= 4 is 21.9 Å². The number of hydrogen-bond donors (Lipinski definition) is 1. The molecule has 0 bridgehead atoms. The molecule has 0 saturated carbocycles. The van der Waals surface area contributed by atoms with Gasteiger partial charge < -0.3 is 15.6 Å². The van der Waals surface area contributed by atoms with Gasteiger partial charge in [-0.15, -0.1) is 0 Å². The molecule has 10 heavy (non-hydrogen) atoms. The van der Waals surface area contributed by atoms with Crippen LogP contribution in [0.3, 0.4) is 0 Å². The molecule has 0 aromatic carbocycles. The second kappa shape index (κ2) is 2.72. The fraction of sp³-hybridized carbons (Fsp3) is 0.500. The first kappa shape index (κ1) is 7.75. The summed E-state index contributed by atoms with van der Waals surface area (Å²) in [4.78, 5) is 10.4. The van der Waals surface area contributed by atoms with Crippen LogP contribution in [-0.2, 0) is 4.79 Å². The predicted octanol–water partition coefficient (Wildman–Crippen LogP) is -1.56. The van der Waals surface area contributed by atoms with E-state index in [4.69, 9.17) is 0 Å². The third kappa shape index (κ3) is 1.38. The average molecular weight is 206 g/mol. The minimum absolute atomic E-state index is 0.0976. The van der Waals surface area contributed by atoms with Crippen molar-refractivity contribution in [2.24, 2.45) is 0 Å². The van der Waals surface area contributed by atoms with Gasteiger partial charge in [-0.05, 0) is 5.57 Å². The van der Waals surface area contributed by atoms with Crippen molar-refractivity contribution in [3.05, 3.63) is 11.6 Å². The number of alkyl halides is 1. The summed E-state index contributed by atoms with van der Waals surface area (Å²) in [6.07, 6.45) is 2.16. The third-order valence-corrected chi connectivity index (χ3v) is 2.57. The maximum absolute atomic E-state index is 10.3. The fourth-order valence-corrected chi connectivity index (χ4v) is 1.45. The highest BCUT2D eigenvalue weighted by atomic mass is 79.9. The van der Waals surface area contributed by atoms with Crippen LogP contribution in [0.1, 0.15) is 6.42 Å². The first-order valence-electron chi connectivity index (χ1n) is 3.00. The molecular weight excluding hydrogens is 198 g/mol. The van der Waals surface area contributed by atoms with Gasteiger partial charge in [0.2, 0.25) is 0 Å². The molecule has 0 unspecified atom stereocenters. The molecule has 0 amide bonds. The minimum Gasteiger partial charge on any atom is -0.545 e. The molecule has 0 heterocycles. The van der Waals surface area contributed by atoms with Crippen LogP contribution in [-0.4, -0.2) is 16.8 Å². The van der Waals surface area contributed by atoms with Crippen molar-refractivity contribution in [1.29, 1.82) is 0 Å². The Morgan fingerprint density at radius 3 is 2.70 bits per heavy atom. The predicted molar refractivity (Wildman–Crippen MR) is 37.1 cm³/mol. The van der Waals surface area contributed by atoms with Crippen molar-refractivity contribution in [2.45, 2.75) is 17.3 Å². The van der Waals surface area contributed by atoms with E-state index in [1.165, 1.54) is 0 Å². The number of carboxylic acids is 1. The standard InChI is InChI=1S/C6H8BrNO2/c7-4-1-3(6(9)10)2-5(4)8/h1,4-5H,2,8H2,(H,9,10)/t4-,5-/m0/s1. The monoisotopic (exact) mass is 205 g/mol. The average Bonchev–Trinajstić information content (AvgIpc) is 2.13. The van der Waals surface area contributed by atoms with Crippen molar-refractivity contribution in [3.8, 4) is 0 Å². The van der Waals surface area contributed by atoms with Crippen LogP contribution in [0.25, 0.3) is 0 Å². The molecule has 3 nitrogen and oxygen atoms in total. The first-order valence-corrected chi connectivity index (χ1v) is 3.92. The van der Waals surface area contributed by atoms with E-state index in [1.807, 2.05) is 0 Å². The maximum Gasteiger partial charge on any atom is 0.105 e. The van der Waals surface area contributed by atoms with Gasteiger partial charge in [0.1, 0.15) is 6.04 Å². The van der Waals surface area contributed by atoms with E-state index in [9.17, 15) is 9.90 Å². The molecule has 0 aromatic rings. The van der Waals surface area contributed by atoms with Crippen LogP contribution in [0.4, 0.5) is 0 Å². The Bertz CT molecular complexity index is 190. The summed E-state index contributed by atoms with van der Waals surface area (Å²) in [5.74, 6) is -1.07. The lowest BCUT2D eigenvalue weighted by Gasteiger charge is -2.02. The Labute approximate surface area is 67.0 Å². The fourth-order valence-electron chi connectivity index (χ4n) is 0.943. The second-order valence-corrected chi connectivity index (χ2v) is 3.45. The molecule has 1 aliphatic carbocycles. The Morgan fingerprint density at radius 2 is 2.50 bits per heavy atom. The highest BCUT2D eigenvalue weighted by Crippen LogP contribution is 2.21. The largest absolute Gasteiger partial charge is 0.545 e. The molecule has 0 aromatic heterocycles. The van der Waals surface area contributed by atoms with Gasteiger partial charge in [-0.2, -0.15) is 0 Å². The molecule has 3 N–H and O–H groups in total. The molecule has 56 valence electrons. The van der Waals surface area contributed by atoms with Crippen LogP contribution in [0.2, 0.25) is 0 Å². The molecule has 1 rings (SSSR count). The van der Waals surface area contributed by atoms with Gasteiger partial charge in [0.25, 0.3) is 0 Å². The molecule has 0 spiro atoms. The first-order chi connectivity index (χ1) is 4.61. The summed E-state index contributed by atoms with van der Waals surface area (Å²) in [6.45, 7) is 0. The van der Waals surface area contributed by atoms with Crippen molar-refractivity contribution < 1.29 is 15.6 Å². The maximum atomic E-state index is 10.3. The van der Waals surface area contributed by atoms with Crippen LogP contribution < -0.4 is 10.8 Å². The van der Waals surface area contributed by atoms with E-state index >= 15 is 0 Å². The van der Waals surface area contributed by atoms with Crippen molar-refractivity contribution in [2.75, 3.05) is 0 Å². The Kier molecular flexibility index (Phi) is 2.11. The quantitative estimate of drug-likeness (QED) is 0.527. The highest BCUT2D eigenvalue weighted by Gasteiger charge is 2.25. The zero-order valence-electron chi connectivity index (χ0n) is 5.34. The number of aliphatic carboxylic acids is 1. The molecule has 1 aliphatic rings. The van der Waals surface area contributed by atoms with Crippen LogP contribution >= 0.6 is 15.9 Å². The topological polar surface area (TPSA) is 67.8 Å². The zero-order valence-corrected chi connectivity index (χ0v) is 6.93. The molecule has 0 saturated heterocycles. The van der Waals surface area contributed by atoms with E-state index in [0.717, 1.165) is 0 Å². The summed E-state index contributed by atoms with van der Waals surface area (Å²) >= 11 is 3.28. The van der Waals surface area contributed by atoms with Gasteiger partial charge in [-0.25, -0.2) is 0 Å². The van der Waals surface area contributed by atoms with Gasteiger partial charge in [-0.3, -0.25) is 0 Å². The second-order valence-electron chi connectivity index (χ2n) is 2.39. The number of carbonyl (C=O) groups is 1. The van der Waals surface area contributed by atoms with E-state index in [2.05, 4.69) is 21.7 Å². The van der Waals surface area contributed by atoms with Crippen LogP contribution in [0.15, 0.2) is 11.6 Å². The molecule has 0 radical (unpaired) electrons. The number of halogens is 1. The lowest BCUT2D eigenvalue weighted by molar-refractivity contribution is -0.414. The van der Waals surface area contributed by atoms with Gasteiger partial charge in [0.05, 0.1) is 10.8 Å². The Balaban J connectivity index is 2.67. The summed E-state index contributed by atoms with van der Waals surface area (Å²) < 4.78 is 0. The molecule has 0 aliphatic heterocycles. The van der Waals surface area contributed by atoms with Gasteiger partial charge >= 0.3 is 0 Å². The Hall–Kier alpha value is -0.350. The summed E-state index contributed by atoms with van der Waals surface area (Å²) in [6, 6.07) is 0.132. The summed E-state index contributed by atoms with van der Waals surface area (Å²) in [5.41, 5.74) is 4.12. The van der Waals surface area contributed by atoms with Gasteiger partial charge in [0.15, 0.2) is 0 Å². The number of rotatable bonds is 1. The van der Waals surface area contributed by atoms with Gasteiger partial charge in [-0.1, -0.05) is 22.0 Å². The minimum atomic E-state index is -1.07. The van der Waals surface area contributed by atoms with Gasteiger partial charge in [0, 0.05) is 6.42 Å². The lowest BCUT2D eigenvalue weighted by Crippen LogP contribution is -2.63. The third-order valence-electron chi connectivity index (χ3n) is 1.56. The van der Waals surface area contributed by atoms with Crippen molar-refractivity contribution in [3.63, 3.8) is 0 Å².